The zero-order valence-electron chi connectivity index (χ0n) is 9.04. The van der Waals surface area contributed by atoms with E-state index in [4.69, 9.17) is 18.6 Å². The Bertz CT molecular complexity index is 230. The van der Waals surface area contributed by atoms with Crippen molar-refractivity contribution in [3.8, 4) is 0 Å². The molecule has 4 fully saturated rings. The lowest BCUT2D eigenvalue weighted by Gasteiger charge is -2.59. The molecule has 0 saturated carbocycles. The Kier molecular flexibility index (Phi) is 3.12. The van der Waals surface area contributed by atoms with E-state index in [-0.39, 0.29) is 0 Å². The predicted molar refractivity (Wildman–Crippen MR) is 40.9 cm³/mol. The van der Waals surface area contributed by atoms with E-state index in [0.29, 0.717) is 0 Å². The Hall–Kier alpha value is -0.0300. The maximum absolute atomic E-state index is 8.49. The Morgan fingerprint density at radius 3 is 1.25 bits per heavy atom. The van der Waals surface area contributed by atoms with Gasteiger partial charge in [-0.25, -0.2) is 33.3 Å². The molecular weight excluding hydrogens is 240 g/mol. The number of halogens is 1. The molecule has 9 heteroatoms. The van der Waals surface area contributed by atoms with E-state index >= 15 is 0 Å². The van der Waals surface area contributed by atoms with Gasteiger partial charge >= 0.3 is 0 Å². The van der Waals surface area contributed by atoms with Gasteiger partial charge in [0.2, 0.25) is 0 Å². The highest BCUT2D eigenvalue weighted by Crippen LogP contribution is 2.25. The second kappa shape index (κ2) is 4.02. The molecule has 0 aliphatic carbocycles. The van der Waals surface area contributed by atoms with E-state index in [0.717, 1.165) is 0 Å². The van der Waals surface area contributed by atoms with Crippen LogP contribution in [0.5, 0.6) is 0 Å². The third-order valence-corrected chi connectivity index (χ3v) is 2.82. The summed E-state index contributed by atoms with van der Waals surface area (Å²) in [7, 11) is -2.59. The first kappa shape index (κ1) is 12.4. The summed E-state index contributed by atoms with van der Waals surface area (Å²) in [5.74, 6) is 0. The van der Waals surface area contributed by atoms with Gasteiger partial charge in [0.1, 0.15) is 20.0 Å². The predicted octanol–water partition coefficient (Wildman–Crippen LogP) is -5.63. The topological polar surface area (TPSA) is 102 Å². The first-order chi connectivity index (χ1) is 7.23. The van der Waals surface area contributed by atoms with Crippen LogP contribution in [-0.4, -0.2) is 66.2 Å². The Balaban J connectivity index is 0.000000168. The van der Waals surface area contributed by atoms with Crippen molar-refractivity contribution in [1.29, 1.82) is 0 Å². The minimum absolute atomic E-state index is 1.20. The molecule has 4 aliphatic rings. The van der Waals surface area contributed by atoms with Gasteiger partial charge in [0.15, 0.2) is 0 Å². The van der Waals surface area contributed by atoms with Crippen LogP contribution in [0.25, 0.3) is 0 Å². The molecule has 4 bridgehead atoms. The highest BCUT2D eigenvalue weighted by molar-refractivity contribution is 4.72. The Morgan fingerprint density at radius 2 is 1.06 bits per heavy atom. The fourth-order valence-corrected chi connectivity index (χ4v) is 2.83. The summed E-state index contributed by atoms with van der Waals surface area (Å²) in [6, 6.07) is 0. The van der Waals surface area contributed by atoms with E-state index in [2.05, 4.69) is 21.7 Å². The van der Waals surface area contributed by atoms with E-state index in [1.165, 1.54) is 44.5 Å². The highest BCUT2D eigenvalue weighted by Gasteiger charge is 2.45. The number of nitrogens with zero attached hydrogens (tertiary/aromatic N) is 4. The molecule has 8 nitrogen and oxygen atoms in total. The van der Waals surface area contributed by atoms with Crippen LogP contribution in [0.4, 0.5) is 0 Å². The standard InChI is InChI=1S/C7H15N4.ClHO4/c1-11-5-8-2-9(6-11)4-10(3-8)7-11;2-1(3,4)5/h2-7H2,1H3;(H,2,3,4,5)/q+1;/p-1. The van der Waals surface area contributed by atoms with Crippen molar-refractivity contribution in [2.45, 2.75) is 0 Å². The Morgan fingerprint density at radius 1 is 0.812 bits per heavy atom. The van der Waals surface area contributed by atoms with Crippen LogP contribution in [-0.2, 0) is 0 Å². The van der Waals surface area contributed by atoms with E-state index in [1.54, 1.807) is 0 Å². The molecule has 0 spiro atoms. The lowest BCUT2D eigenvalue weighted by atomic mass is 10.3. The van der Waals surface area contributed by atoms with Crippen molar-refractivity contribution >= 4 is 0 Å². The van der Waals surface area contributed by atoms with Gasteiger partial charge in [-0.05, 0) is 0 Å². The second-order valence-electron chi connectivity index (χ2n) is 4.86. The fraction of sp³-hybridized carbons (Fsp3) is 1.00. The van der Waals surface area contributed by atoms with Crippen molar-refractivity contribution in [3.63, 3.8) is 0 Å². The zero-order valence-corrected chi connectivity index (χ0v) is 9.80. The summed E-state index contributed by atoms with van der Waals surface area (Å²) in [5, 5.41) is 0. The van der Waals surface area contributed by atoms with Gasteiger partial charge in [-0.1, -0.05) is 0 Å². The van der Waals surface area contributed by atoms with Gasteiger partial charge in [0.05, 0.1) is 27.1 Å². The fourth-order valence-electron chi connectivity index (χ4n) is 2.83. The minimum atomic E-state index is -4.94. The van der Waals surface area contributed by atoms with Gasteiger partial charge in [0.25, 0.3) is 0 Å². The molecule has 0 aromatic heterocycles. The van der Waals surface area contributed by atoms with Crippen LogP contribution >= 0.6 is 0 Å². The summed E-state index contributed by atoms with van der Waals surface area (Å²) in [4.78, 5) is 7.57. The third-order valence-electron chi connectivity index (χ3n) is 2.82. The lowest BCUT2D eigenvalue weighted by Crippen LogP contribution is -2.77. The maximum Gasteiger partial charge on any atom is 0.139 e. The SMILES string of the molecule is C[N+]12CN3CN(CN(C3)C1)C2.[O-][Cl+3]([O-])([O-])[O-]. The van der Waals surface area contributed by atoms with Crippen LogP contribution in [0.1, 0.15) is 0 Å². The highest BCUT2D eigenvalue weighted by atomic mass is 35.7. The van der Waals surface area contributed by atoms with Gasteiger partial charge < -0.3 is 0 Å². The largest absolute Gasteiger partial charge is 0.288 e. The minimum Gasteiger partial charge on any atom is -0.288 e. The zero-order chi connectivity index (χ0) is 12.0. The molecule has 4 aliphatic heterocycles. The van der Waals surface area contributed by atoms with Crippen LogP contribution in [0.2, 0.25) is 0 Å². The third kappa shape index (κ3) is 3.23. The smallest absolute Gasteiger partial charge is 0.139 e. The van der Waals surface area contributed by atoms with Crippen LogP contribution in [0.3, 0.4) is 0 Å². The second-order valence-corrected chi connectivity index (χ2v) is 5.61. The first-order valence-corrected chi connectivity index (χ1v) is 6.09. The Labute approximate surface area is 95.8 Å². The summed E-state index contributed by atoms with van der Waals surface area (Å²) >= 11 is 0. The first-order valence-electron chi connectivity index (χ1n) is 4.86. The molecule has 0 unspecified atom stereocenters. The lowest BCUT2D eigenvalue weighted by molar-refractivity contribution is -2.00. The van der Waals surface area contributed by atoms with Crippen molar-refractivity contribution in [2.24, 2.45) is 0 Å². The average Bonchev–Trinajstić information content (AvgIpc) is 1.93. The summed E-state index contributed by atoms with van der Waals surface area (Å²) < 4.78 is 35.2. The van der Waals surface area contributed by atoms with Crippen LogP contribution in [0.15, 0.2) is 0 Å². The van der Waals surface area contributed by atoms with Gasteiger partial charge in [-0.3, -0.25) is 4.48 Å². The quantitative estimate of drug-likeness (QED) is 0.397. The molecule has 0 aromatic carbocycles. The normalized spacial score (nSPS) is 45.2. The molecule has 0 atom stereocenters. The molecule has 0 aromatic rings. The van der Waals surface area contributed by atoms with Gasteiger partial charge in [-0.2, -0.15) is 0 Å². The van der Waals surface area contributed by atoms with Gasteiger partial charge in [-0.15, -0.1) is 10.2 Å². The van der Waals surface area contributed by atoms with E-state index < -0.39 is 10.2 Å². The average molecular weight is 255 g/mol. The monoisotopic (exact) mass is 254 g/mol. The van der Waals surface area contributed by atoms with Crippen LogP contribution in [0, 0.1) is 10.2 Å². The van der Waals surface area contributed by atoms with Gasteiger partial charge in [0, 0.05) is 0 Å². The summed E-state index contributed by atoms with van der Waals surface area (Å²) in [6.07, 6.45) is 0. The van der Waals surface area contributed by atoms with Crippen molar-refractivity contribution in [3.05, 3.63) is 0 Å². The molecule has 4 rings (SSSR count). The number of quaternary nitrogens is 1. The summed E-state index contributed by atoms with van der Waals surface area (Å²) in [6.45, 7) is 7.37. The summed E-state index contributed by atoms with van der Waals surface area (Å²) in [5.41, 5.74) is 0. The molecule has 0 N–H and O–H groups in total. The molecule has 4 saturated heterocycles. The van der Waals surface area contributed by atoms with Crippen molar-refractivity contribution in [2.75, 3.05) is 47.1 Å². The molecule has 0 radical (unpaired) electrons. The van der Waals surface area contributed by atoms with Crippen molar-refractivity contribution < 1.29 is 33.4 Å². The molecule has 4 heterocycles. The molecule has 16 heavy (non-hydrogen) atoms. The molecule has 94 valence electrons. The number of rotatable bonds is 0. The van der Waals surface area contributed by atoms with Crippen molar-refractivity contribution in [1.82, 2.24) is 14.7 Å². The van der Waals surface area contributed by atoms with Crippen LogP contribution < -0.4 is 18.6 Å². The number of hydrogen-bond acceptors (Lipinski definition) is 7. The maximum atomic E-state index is 8.49. The number of hydrogen-bond donors (Lipinski definition) is 0. The van der Waals surface area contributed by atoms with E-state index in [1.807, 2.05) is 0 Å². The molecule has 0 amide bonds. The molecular formula is C7H15ClN4O4. The van der Waals surface area contributed by atoms with E-state index in [9.17, 15) is 0 Å².